The Balaban J connectivity index is 4.02. The fourth-order valence-electron chi connectivity index (χ4n) is 0.889. The van der Waals surface area contributed by atoms with Crippen molar-refractivity contribution in [1.82, 2.24) is 4.90 Å². The lowest BCUT2D eigenvalue weighted by Gasteiger charge is -2.20. The summed E-state index contributed by atoms with van der Waals surface area (Å²) in [7, 11) is 0. The number of rotatable bonds is 4. The van der Waals surface area contributed by atoms with Crippen molar-refractivity contribution in [2.45, 2.75) is 20.8 Å². The van der Waals surface area contributed by atoms with Crippen molar-refractivity contribution in [2.75, 3.05) is 13.1 Å². The fraction of sp³-hybridized carbons (Fsp3) is 0.750. The summed E-state index contributed by atoms with van der Waals surface area (Å²) in [4.78, 5) is 22.8. The van der Waals surface area contributed by atoms with Crippen LogP contribution < -0.4 is 0 Å². The van der Waals surface area contributed by atoms with E-state index >= 15 is 0 Å². The zero-order valence-electron chi connectivity index (χ0n) is 7.70. The standard InChI is InChI=1S/C8H15NO3/c1-4-9(7(3)10)5-6(2)8(11)12/h6H,4-5H2,1-3H3,(H,11,12). The third-order valence-electron chi connectivity index (χ3n) is 1.74. The van der Waals surface area contributed by atoms with Crippen molar-refractivity contribution in [1.29, 1.82) is 0 Å². The topological polar surface area (TPSA) is 57.6 Å². The van der Waals surface area contributed by atoms with E-state index in [1.807, 2.05) is 6.92 Å². The zero-order valence-corrected chi connectivity index (χ0v) is 7.70. The van der Waals surface area contributed by atoms with Gasteiger partial charge >= 0.3 is 5.97 Å². The molecule has 0 fully saturated rings. The summed E-state index contributed by atoms with van der Waals surface area (Å²) >= 11 is 0. The van der Waals surface area contributed by atoms with E-state index in [-0.39, 0.29) is 5.91 Å². The Labute approximate surface area is 72.2 Å². The van der Waals surface area contributed by atoms with E-state index in [2.05, 4.69) is 0 Å². The molecule has 0 saturated carbocycles. The van der Waals surface area contributed by atoms with Gasteiger partial charge in [-0.05, 0) is 6.92 Å². The zero-order chi connectivity index (χ0) is 9.72. The van der Waals surface area contributed by atoms with Crippen molar-refractivity contribution in [2.24, 2.45) is 5.92 Å². The van der Waals surface area contributed by atoms with Gasteiger partial charge in [-0.1, -0.05) is 6.92 Å². The SMILES string of the molecule is CCN(CC(C)C(=O)O)C(C)=O. The highest BCUT2D eigenvalue weighted by Gasteiger charge is 2.16. The average Bonchev–Trinajstić information content (AvgIpc) is 1.98. The average molecular weight is 173 g/mol. The van der Waals surface area contributed by atoms with Gasteiger partial charge in [0.2, 0.25) is 5.91 Å². The highest BCUT2D eigenvalue weighted by atomic mass is 16.4. The van der Waals surface area contributed by atoms with Crippen LogP contribution in [0.15, 0.2) is 0 Å². The lowest BCUT2D eigenvalue weighted by Crippen LogP contribution is -2.35. The molecule has 1 amide bonds. The molecule has 12 heavy (non-hydrogen) atoms. The lowest BCUT2D eigenvalue weighted by molar-refractivity contribution is -0.142. The highest BCUT2D eigenvalue weighted by Crippen LogP contribution is 1.99. The van der Waals surface area contributed by atoms with E-state index in [1.54, 1.807) is 6.92 Å². The minimum absolute atomic E-state index is 0.0781. The monoisotopic (exact) mass is 173 g/mol. The quantitative estimate of drug-likeness (QED) is 0.676. The number of nitrogens with zero attached hydrogens (tertiary/aromatic N) is 1. The van der Waals surface area contributed by atoms with Crippen LogP contribution in [-0.4, -0.2) is 35.0 Å². The van der Waals surface area contributed by atoms with E-state index in [0.717, 1.165) is 0 Å². The summed E-state index contributed by atoms with van der Waals surface area (Å²) in [5, 5.41) is 8.57. The van der Waals surface area contributed by atoms with Gasteiger partial charge in [-0.25, -0.2) is 0 Å². The highest BCUT2D eigenvalue weighted by molar-refractivity contribution is 5.75. The number of carboxylic acids is 1. The number of aliphatic carboxylic acids is 1. The van der Waals surface area contributed by atoms with Gasteiger partial charge in [0.05, 0.1) is 5.92 Å². The van der Waals surface area contributed by atoms with Crippen LogP contribution in [0, 0.1) is 5.92 Å². The maximum Gasteiger partial charge on any atom is 0.308 e. The first-order valence-corrected chi connectivity index (χ1v) is 3.97. The van der Waals surface area contributed by atoms with Gasteiger partial charge in [0.15, 0.2) is 0 Å². The summed E-state index contributed by atoms with van der Waals surface area (Å²) in [6, 6.07) is 0. The molecule has 4 nitrogen and oxygen atoms in total. The van der Waals surface area contributed by atoms with Gasteiger partial charge in [0.1, 0.15) is 0 Å². The van der Waals surface area contributed by atoms with Crippen LogP contribution in [0.4, 0.5) is 0 Å². The number of carbonyl (C=O) groups excluding carboxylic acids is 1. The van der Waals surface area contributed by atoms with E-state index in [0.29, 0.717) is 13.1 Å². The molecule has 0 radical (unpaired) electrons. The third-order valence-corrected chi connectivity index (χ3v) is 1.74. The van der Waals surface area contributed by atoms with Gasteiger partial charge in [0.25, 0.3) is 0 Å². The third kappa shape index (κ3) is 3.37. The van der Waals surface area contributed by atoms with E-state index in [9.17, 15) is 9.59 Å². The van der Waals surface area contributed by atoms with Crippen LogP contribution in [-0.2, 0) is 9.59 Å². The minimum atomic E-state index is -0.866. The first-order chi connectivity index (χ1) is 5.49. The molecule has 0 aliphatic heterocycles. The first-order valence-electron chi connectivity index (χ1n) is 3.97. The molecule has 0 aliphatic carbocycles. The Morgan fingerprint density at radius 2 is 2.00 bits per heavy atom. The van der Waals surface area contributed by atoms with Crippen LogP contribution in [0.3, 0.4) is 0 Å². The van der Waals surface area contributed by atoms with Crippen LogP contribution in [0.25, 0.3) is 0 Å². The minimum Gasteiger partial charge on any atom is -0.481 e. The molecule has 1 atom stereocenters. The molecule has 0 spiro atoms. The molecule has 70 valence electrons. The van der Waals surface area contributed by atoms with Crippen molar-refractivity contribution < 1.29 is 14.7 Å². The maximum absolute atomic E-state index is 10.9. The number of hydrogen-bond donors (Lipinski definition) is 1. The predicted molar refractivity (Wildman–Crippen MR) is 44.7 cm³/mol. The number of carbonyl (C=O) groups is 2. The molecule has 4 heteroatoms. The molecule has 0 aromatic heterocycles. The molecule has 0 bridgehead atoms. The van der Waals surface area contributed by atoms with Crippen LogP contribution in [0.1, 0.15) is 20.8 Å². The van der Waals surface area contributed by atoms with Gasteiger partial charge < -0.3 is 10.0 Å². The maximum atomic E-state index is 10.9. The summed E-state index contributed by atoms with van der Waals surface area (Å²) in [6.45, 7) is 5.72. The Hall–Kier alpha value is -1.06. The van der Waals surface area contributed by atoms with Crippen LogP contribution >= 0.6 is 0 Å². The summed E-state index contributed by atoms with van der Waals surface area (Å²) in [5.41, 5.74) is 0. The summed E-state index contributed by atoms with van der Waals surface area (Å²) in [5.74, 6) is -1.44. The second kappa shape index (κ2) is 4.74. The molecule has 0 aromatic rings. The molecule has 0 aromatic carbocycles. The van der Waals surface area contributed by atoms with Crippen LogP contribution in [0.2, 0.25) is 0 Å². The lowest BCUT2D eigenvalue weighted by atomic mass is 10.2. The second-order valence-corrected chi connectivity index (χ2v) is 2.80. The number of hydrogen-bond acceptors (Lipinski definition) is 2. The van der Waals surface area contributed by atoms with Crippen molar-refractivity contribution in [3.8, 4) is 0 Å². The first kappa shape index (κ1) is 10.9. The molecule has 0 rings (SSSR count). The van der Waals surface area contributed by atoms with Crippen molar-refractivity contribution in [3.05, 3.63) is 0 Å². The molecule has 1 unspecified atom stereocenters. The second-order valence-electron chi connectivity index (χ2n) is 2.80. The van der Waals surface area contributed by atoms with E-state index < -0.39 is 11.9 Å². The molecule has 0 saturated heterocycles. The van der Waals surface area contributed by atoms with Crippen LogP contribution in [0.5, 0.6) is 0 Å². The molecule has 0 aliphatic rings. The Kier molecular flexibility index (Phi) is 4.33. The fourth-order valence-corrected chi connectivity index (χ4v) is 0.889. The number of carboxylic acid groups (broad SMARTS) is 1. The van der Waals surface area contributed by atoms with Gasteiger partial charge in [-0.3, -0.25) is 9.59 Å². The van der Waals surface area contributed by atoms with Crippen molar-refractivity contribution >= 4 is 11.9 Å². The van der Waals surface area contributed by atoms with Gasteiger partial charge in [-0.15, -0.1) is 0 Å². The summed E-state index contributed by atoms with van der Waals surface area (Å²) in [6.07, 6.45) is 0. The van der Waals surface area contributed by atoms with Gasteiger partial charge in [-0.2, -0.15) is 0 Å². The largest absolute Gasteiger partial charge is 0.481 e. The smallest absolute Gasteiger partial charge is 0.308 e. The normalized spacial score (nSPS) is 12.2. The van der Waals surface area contributed by atoms with E-state index in [4.69, 9.17) is 5.11 Å². The Bertz CT molecular complexity index is 179. The molecule has 1 N–H and O–H groups in total. The number of amides is 1. The molecular weight excluding hydrogens is 158 g/mol. The Morgan fingerprint density at radius 3 is 2.25 bits per heavy atom. The Morgan fingerprint density at radius 1 is 1.50 bits per heavy atom. The molecular formula is C8H15NO3. The van der Waals surface area contributed by atoms with E-state index in [1.165, 1.54) is 11.8 Å². The summed E-state index contributed by atoms with van der Waals surface area (Å²) < 4.78 is 0. The predicted octanol–water partition coefficient (Wildman–Crippen LogP) is 0.575. The molecule has 0 heterocycles. The van der Waals surface area contributed by atoms with Gasteiger partial charge in [0, 0.05) is 20.0 Å². The van der Waals surface area contributed by atoms with Crippen molar-refractivity contribution in [3.63, 3.8) is 0 Å².